The van der Waals surface area contributed by atoms with Crippen molar-refractivity contribution in [3.8, 4) is 0 Å². The van der Waals surface area contributed by atoms with Crippen LogP contribution in [-0.2, 0) is 0 Å². The molecule has 0 aromatic heterocycles. The van der Waals surface area contributed by atoms with Gasteiger partial charge in [0, 0.05) is 11.6 Å². The van der Waals surface area contributed by atoms with E-state index in [1.807, 2.05) is 19.1 Å². The fraction of sp³-hybridized carbons (Fsp3) is 0.222. The van der Waals surface area contributed by atoms with Crippen molar-refractivity contribution in [1.82, 2.24) is 0 Å². The molecule has 0 saturated carbocycles. The molecule has 1 atom stereocenters. The van der Waals surface area contributed by atoms with E-state index >= 15 is 0 Å². The molecule has 3 heteroatoms. The molecule has 0 aliphatic carbocycles. The van der Waals surface area contributed by atoms with Gasteiger partial charge in [0.2, 0.25) is 5.91 Å². The minimum Gasteiger partial charge on any atom is -0.366 e. The predicted octanol–water partition coefficient (Wildman–Crippen LogP) is 0.805. The van der Waals surface area contributed by atoms with Crippen molar-refractivity contribution in [1.29, 1.82) is 0 Å². The van der Waals surface area contributed by atoms with Crippen molar-refractivity contribution in [3.63, 3.8) is 0 Å². The lowest BCUT2D eigenvalue weighted by atomic mass is 10.1. The van der Waals surface area contributed by atoms with Gasteiger partial charge in [-0.25, -0.2) is 0 Å². The monoisotopic (exact) mass is 164 g/mol. The van der Waals surface area contributed by atoms with Gasteiger partial charge in [-0.15, -0.1) is 0 Å². The number of hydrogen-bond acceptors (Lipinski definition) is 2. The lowest BCUT2D eigenvalue weighted by Crippen LogP contribution is -2.11. The highest BCUT2D eigenvalue weighted by molar-refractivity contribution is 5.92. The Kier molecular flexibility index (Phi) is 2.45. The van der Waals surface area contributed by atoms with Crippen LogP contribution in [0.25, 0.3) is 0 Å². The summed E-state index contributed by atoms with van der Waals surface area (Å²) in [6.45, 7) is 1.89. The van der Waals surface area contributed by atoms with E-state index in [0.717, 1.165) is 5.56 Å². The van der Waals surface area contributed by atoms with Gasteiger partial charge in [0.15, 0.2) is 0 Å². The van der Waals surface area contributed by atoms with Crippen LogP contribution in [0.4, 0.5) is 0 Å². The van der Waals surface area contributed by atoms with Crippen LogP contribution in [-0.4, -0.2) is 5.91 Å². The van der Waals surface area contributed by atoms with E-state index in [-0.39, 0.29) is 6.04 Å². The number of benzene rings is 1. The molecular formula is C9H12N2O. The fourth-order valence-electron chi connectivity index (χ4n) is 0.951. The minimum absolute atomic E-state index is 0.00748. The highest BCUT2D eigenvalue weighted by Gasteiger charge is 2.01. The number of carbonyl (C=O) groups excluding carboxylic acids is 1. The molecule has 0 heterocycles. The smallest absolute Gasteiger partial charge is 0.248 e. The van der Waals surface area contributed by atoms with Gasteiger partial charge in [-0.1, -0.05) is 12.1 Å². The lowest BCUT2D eigenvalue weighted by Gasteiger charge is -2.04. The molecule has 0 aliphatic rings. The first kappa shape index (κ1) is 8.74. The number of hydrogen-bond donors (Lipinski definition) is 2. The highest BCUT2D eigenvalue weighted by Crippen LogP contribution is 2.09. The van der Waals surface area contributed by atoms with Crippen LogP contribution in [0.1, 0.15) is 28.9 Å². The van der Waals surface area contributed by atoms with E-state index < -0.39 is 5.91 Å². The zero-order valence-corrected chi connectivity index (χ0v) is 6.95. The van der Waals surface area contributed by atoms with Gasteiger partial charge in [0.25, 0.3) is 0 Å². The summed E-state index contributed by atoms with van der Waals surface area (Å²) in [5.41, 5.74) is 12.2. The number of nitrogens with two attached hydrogens (primary N) is 2. The second-order valence-electron chi connectivity index (χ2n) is 2.77. The summed E-state index contributed by atoms with van der Waals surface area (Å²) in [5.74, 6) is -0.411. The van der Waals surface area contributed by atoms with Crippen molar-refractivity contribution in [2.75, 3.05) is 0 Å². The molecule has 12 heavy (non-hydrogen) atoms. The maximum Gasteiger partial charge on any atom is 0.248 e. The Morgan fingerprint density at radius 2 is 1.83 bits per heavy atom. The SMILES string of the molecule is CC(N)c1ccc(C(N)=O)cc1. The molecule has 0 radical (unpaired) electrons. The van der Waals surface area contributed by atoms with Gasteiger partial charge in [-0.3, -0.25) is 4.79 Å². The molecule has 3 nitrogen and oxygen atoms in total. The zero-order chi connectivity index (χ0) is 9.14. The predicted molar refractivity (Wildman–Crippen MR) is 47.6 cm³/mol. The second-order valence-corrected chi connectivity index (χ2v) is 2.77. The van der Waals surface area contributed by atoms with Gasteiger partial charge < -0.3 is 11.5 Å². The average molecular weight is 164 g/mol. The molecule has 0 saturated heterocycles. The molecule has 0 bridgehead atoms. The third kappa shape index (κ3) is 1.83. The van der Waals surface area contributed by atoms with Gasteiger partial charge in [-0.2, -0.15) is 0 Å². The molecule has 4 N–H and O–H groups in total. The zero-order valence-electron chi connectivity index (χ0n) is 6.95. The first-order valence-corrected chi connectivity index (χ1v) is 3.76. The Morgan fingerprint density at radius 3 is 2.17 bits per heavy atom. The van der Waals surface area contributed by atoms with E-state index in [0.29, 0.717) is 5.56 Å². The van der Waals surface area contributed by atoms with Gasteiger partial charge in [0.05, 0.1) is 0 Å². The van der Waals surface area contributed by atoms with Crippen LogP contribution in [0.15, 0.2) is 24.3 Å². The molecule has 1 unspecified atom stereocenters. The molecular weight excluding hydrogens is 152 g/mol. The summed E-state index contributed by atoms with van der Waals surface area (Å²) in [7, 11) is 0. The largest absolute Gasteiger partial charge is 0.366 e. The molecule has 1 aromatic rings. The first-order chi connectivity index (χ1) is 5.61. The molecule has 64 valence electrons. The highest BCUT2D eigenvalue weighted by atomic mass is 16.1. The van der Waals surface area contributed by atoms with Crippen molar-refractivity contribution in [3.05, 3.63) is 35.4 Å². The Bertz CT molecular complexity index is 277. The van der Waals surface area contributed by atoms with Crippen LogP contribution >= 0.6 is 0 Å². The van der Waals surface area contributed by atoms with E-state index in [2.05, 4.69) is 0 Å². The van der Waals surface area contributed by atoms with Crippen LogP contribution in [0.5, 0.6) is 0 Å². The summed E-state index contributed by atoms with van der Waals surface area (Å²) in [4.78, 5) is 10.7. The Hall–Kier alpha value is -1.35. The topological polar surface area (TPSA) is 69.1 Å². The van der Waals surface area contributed by atoms with Crippen LogP contribution in [0.3, 0.4) is 0 Å². The normalized spacial score (nSPS) is 12.5. The fourth-order valence-corrected chi connectivity index (χ4v) is 0.951. The van der Waals surface area contributed by atoms with Crippen molar-refractivity contribution in [2.45, 2.75) is 13.0 Å². The maximum atomic E-state index is 10.7. The summed E-state index contributed by atoms with van der Waals surface area (Å²) < 4.78 is 0. The van der Waals surface area contributed by atoms with E-state index in [9.17, 15) is 4.79 Å². The Balaban J connectivity index is 2.93. The Labute approximate surface area is 71.4 Å². The van der Waals surface area contributed by atoms with Crippen LogP contribution < -0.4 is 11.5 Å². The summed E-state index contributed by atoms with van der Waals surface area (Å²) in [5, 5.41) is 0. The number of amides is 1. The summed E-state index contributed by atoms with van der Waals surface area (Å²) in [6, 6.07) is 6.98. The van der Waals surface area contributed by atoms with Gasteiger partial charge in [0.1, 0.15) is 0 Å². The van der Waals surface area contributed by atoms with Crippen molar-refractivity contribution in [2.24, 2.45) is 11.5 Å². The molecule has 1 rings (SSSR count). The standard InChI is InChI=1S/C9H12N2O/c1-6(10)7-2-4-8(5-3-7)9(11)12/h2-6H,10H2,1H3,(H2,11,12). The van der Waals surface area contributed by atoms with Crippen molar-refractivity contribution >= 4 is 5.91 Å². The molecule has 1 amide bonds. The number of carbonyl (C=O) groups is 1. The van der Waals surface area contributed by atoms with Gasteiger partial charge >= 0.3 is 0 Å². The van der Waals surface area contributed by atoms with E-state index in [1.165, 1.54) is 0 Å². The number of rotatable bonds is 2. The summed E-state index contributed by atoms with van der Waals surface area (Å²) in [6.07, 6.45) is 0. The van der Waals surface area contributed by atoms with E-state index in [4.69, 9.17) is 11.5 Å². The Morgan fingerprint density at radius 1 is 1.33 bits per heavy atom. The molecule has 0 fully saturated rings. The molecule has 1 aromatic carbocycles. The van der Waals surface area contributed by atoms with Crippen LogP contribution in [0.2, 0.25) is 0 Å². The third-order valence-electron chi connectivity index (χ3n) is 1.72. The molecule has 0 aliphatic heterocycles. The van der Waals surface area contributed by atoms with E-state index in [1.54, 1.807) is 12.1 Å². The van der Waals surface area contributed by atoms with Gasteiger partial charge in [-0.05, 0) is 24.6 Å². The minimum atomic E-state index is -0.411. The quantitative estimate of drug-likeness (QED) is 0.679. The average Bonchev–Trinajstić information content (AvgIpc) is 2.04. The maximum absolute atomic E-state index is 10.7. The number of primary amides is 1. The van der Waals surface area contributed by atoms with Crippen molar-refractivity contribution < 1.29 is 4.79 Å². The second kappa shape index (κ2) is 3.36. The first-order valence-electron chi connectivity index (χ1n) is 3.76. The van der Waals surface area contributed by atoms with Crippen LogP contribution in [0, 0.1) is 0 Å². The lowest BCUT2D eigenvalue weighted by molar-refractivity contribution is 0.100. The third-order valence-corrected chi connectivity index (χ3v) is 1.72. The molecule has 0 spiro atoms. The summed E-state index contributed by atoms with van der Waals surface area (Å²) >= 11 is 0.